The van der Waals surface area contributed by atoms with Crippen molar-refractivity contribution in [2.45, 2.75) is 39.5 Å². The normalized spacial score (nSPS) is 15.4. The molecule has 0 nitrogen and oxygen atoms in total. The zero-order chi connectivity index (χ0) is 12.4. The predicted octanol–water partition coefficient (Wildman–Crippen LogP) is 3.57. The minimum absolute atomic E-state index is 0.621. The van der Waals surface area contributed by atoms with E-state index in [4.69, 9.17) is 0 Å². The molecule has 0 atom stereocenters. The van der Waals surface area contributed by atoms with Gasteiger partial charge in [-0.2, -0.15) is 0 Å². The van der Waals surface area contributed by atoms with E-state index in [1.165, 1.54) is 0 Å². The Kier molecular flexibility index (Phi) is 3.68. The molecule has 0 N–H and O–H groups in total. The molecule has 0 spiro atoms. The summed E-state index contributed by atoms with van der Waals surface area (Å²) in [7, 11) is -0.965. The lowest BCUT2D eigenvalue weighted by Gasteiger charge is -2.21. The molecular formula is C16H22Si. The maximum absolute atomic E-state index is 2.42. The van der Waals surface area contributed by atoms with Crippen LogP contribution in [-0.2, 0) is 0 Å². The second-order valence-corrected chi connectivity index (χ2v) is 7.90. The minimum atomic E-state index is -0.965. The summed E-state index contributed by atoms with van der Waals surface area (Å²) in [4.78, 5) is 0. The lowest BCUT2D eigenvalue weighted by atomic mass is 9.91. The van der Waals surface area contributed by atoms with Crippen LogP contribution in [0, 0.1) is 0 Å². The average Bonchev–Trinajstić information content (AvgIpc) is 2.81. The monoisotopic (exact) mass is 242 g/mol. The maximum Gasteiger partial charge on any atom is 0.118 e. The van der Waals surface area contributed by atoms with Gasteiger partial charge in [0.25, 0.3) is 0 Å². The Balaban J connectivity index is 2.54. The van der Waals surface area contributed by atoms with Crippen molar-refractivity contribution in [3.8, 4) is 0 Å². The van der Waals surface area contributed by atoms with E-state index in [-0.39, 0.29) is 0 Å². The summed E-state index contributed by atoms with van der Waals surface area (Å²) in [6.07, 6.45) is 4.42. The molecule has 90 valence electrons. The van der Waals surface area contributed by atoms with Crippen LogP contribution in [-0.4, -0.2) is 8.80 Å². The first-order valence-corrected chi connectivity index (χ1v) is 8.50. The molecule has 0 aromatic heterocycles. The average molecular weight is 242 g/mol. The van der Waals surface area contributed by atoms with Crippen LogP contribution in [0.4, 0.5) is 0 Å². The summed E-state index contributed by atoms with van der Waals surface area (Å²) in [5, 5.41) is 1.62. The van der Waals surface area contributed by atoms with Gasteiger partial charge in [0.2, 0.25) is 0 Å². The summed E-state index contributed by atoms with van der Waals surface area (Å²) in [5.41, 5.74) is 7.99. The van der Waals surface area contributed by atoms with Gasteiger partial charge in [0, 0.05) is 0 Å². The fraction of sp³-hybridized carbons (Fsp3) is 0.375. The van der Waals surface area contributed by atoms with Crippen LogP contribution in [0.5, 0.6) is 0 Å². The molecule has 1 aliphatic rings. The van der Waals surface area contributed by atoms with Crippen LogP contribution >= 0.6 is 0 Å². The van der Waals surface area contributed by atoms with E-state index in [0.29, 0.717) is 11.8 Å². The van der Waals surface area contributed by atoms with E-state index in [9.17, 15) is 0 Å². The van der Waals surface area contributed by atoms with E-state index in [2.05, 4.69) is 69.4 Å². The van der Waals surface area contributed by atoms with E-state index in [1.807, 2.05) is 0 Å². The van der Waals surface area contributed by atoms with E-state index < -0.39 is 8.80 Å². The van der Waals surface area contributed by atoms with Crippen LogP contribution < -0.4 is 5.19 Å². The Hall–Kier alpha value is -1.08. The van der Waals surface area contributed by atoms with Gasteiger partial charge >= 0.3 is 0 Å². The van der Waals surface area contributed by atoms with Crippen molar-refractivity contribution in [1.82, 2.24) is 0 Å². The van der Waals surface area contributed by atoms with Gasteiger partial charge in [-0.25, -0.2) is 0 Å². The molecule has 1 heteroatoms. The van der Waals surface area contributed by atoms with Crippen molar-refractivity contribution in [1.29, 1.82) is 0 Å². The highest BCUT2D eigenvalue weighted by molar-refractivity contribution is 6.83. The molecule has 1 heterocycles. The summed E-state index contributed by atoms with van der Waals surface area (Å²) in [6.45, 7) is 9.24. The fourth-order valence-electron chi connectivity index (χ4n) is 2.70. The Morgan fingerprint density at radius 1 is 0.882 bits per heavy atom. The number of hydrogen-bond donors (Lipinski definition) is 0. The van der Waals surface area contributed by atoms with Gasteiger partial charge in [-0.1, -0.05) is 74.6 Å². The molecule has 1 aliphatic heterocycles. The fourth-order valence-corrected chi connectivity index (χ4v) is 5.17. The lowest BCUT2D eigenvalue weighted by Crippen LogP contribution is -2.30. The molecule has 0 saturated heterocycles. The molecule has 0 fully saturated rings. The topological polar surface area (TPSA) is 0 Å². The Morgan fingerprint density at radius 2 is 1.53 bits per heavy atom. The number of benzene rings is 1. The van der Waals surface area contributed by atoms with Crippen molar-refractivity contribution in [3.63, 3.8) is 0 Å². The van der Waals surface area contributed by atoms with Gasteiger partial charge in [0.15, 0.2) is 0 Å². The van der Waals surface area contributed by atoms with Gasteiger partial charge in [-0.15, -0.1) is 0 Å². The van der Waals surface area contributed by atoms with E-state index >= 15 is 0 Å². The first-order valence-electron chi connectivity index (χ1n) is 6.59. The highest BCUT2D eigenvalue weighted by Crippen LogP contribution is 2.25. The zero-order valence-electron chi connectivity index (χ0n) is 11.3. The van der Waals surface area contributed by atoms with Crippen LogP contribution in [0.1, 0.15) is 50.7 Å². The molecule has 1 aromatic rings. The molecule has 0 amide bonds. The van der Waals surface area contributed by atoms with E-state index in [0.717, 1.165) is 0 Å². The van der Waals surface area contributed by atoms with Gasteiger partial charge in [-0.3, -0.25) is 0 Å². The van der Waals surface area contributed by atoms with Crippen molar-refractivity contribution in [2.24, 2.45) is 0 Å². The molecular weight excluding hydrogens is 220 g/mol. The lowest BCUT2D eigenvalue weighted by molar-refractivity contribution is 0.795. The maximum atomic E-state index is 2.42. The first-order chi connectivity index (χ1) is 8.11. The highest BCUT2D eigenvalue weighted by Gasteiger charge is 2.19. The zero-order valence-corrected chi connectivity index (χ0v) is 12.4. The SMILES string of the molecule is CC(C)c1cccc([SiH]2C=CC=C2)c1C(C)C. The van der Waals surface area contributed by atoms with Crippen molar-refractivity contribution >= 4 is 14.0 Å². The summed E-state index contributed by atoms with van der Waals surface area (Å²) in [5.74, 6) is 1.24. The number of rotatable bonds is 3. The molecule has 0 aliphatic carbocycles. The minimum Gasteiger partial charge on any atom is -0.0893 e. The van der Waals surface area contributed by atoms with Gasteiger partial charge in [-0.05, 0) is 23.0 Å². The molecule has 17 heavy (non-hydrogen) atoms. The number of hydrogen-bond acceptors (Lipinski definition) is 0. The largest absolute Gasteiger partial charge is 0.118 e. The predicted molar refractivity (Wildman–Crippen MR) is 79.7 cm³/mol. The quantitative estimate of drug-likeness (QED) is 0.711. The molecule has 2 rings (SSSR count). The molecule has 0 saturated carbocycles. The summed E-state index contributed by atoms with van der Waals surface area (Å²) < 4.78 is 0. The van der Waals surface area contributed by atoms with Crippen LogP contribution in [0.15, 0.2) is 41.7 Å². The highest BCUT2D eigenvalue weighted by atomic mass is 28.3. The Bertz CT molecular complexity index is 441. The molecule has 0 bridgehead atoms. The number of allylic oxidation sites excluding steroid dienone is 2. The van der Waals surface area contributed by atoms with Crippen molar-refractivity contribution in [2.75, 3.05) is 0 Å². The van der Waals surface area contributed by atoms with Crippen molar-refractivity contribution in [3.05, 3.63) is 52.9 Å². The third-order valence-electron chi connectivity index (χ3n) is 3.48. The molecule has 1 aromatic carbocycles. The van der Waals surface area contributed by atoms with Gasteiger partial charge < -0.3 is 0 Å². The summed E-state index contributed by atoms with van der Waals surface area (Å²) in [6, 6.07) is 6.89. The van der Waals surface area contributed by atoms with Crippen LogP contribution in [0.2, 0.25) is 0 Å². The Labute approximate surface area is 107 Å². The molecule has 0 radical (unpaired) electrons. The molecule has 0 unspecified atom stereocenters. The Morgan fingerprint density at radius 3 is 2.06 bits per heavy atom. The first kappa shape index (κ1) is 12.4. The second kappa shape index (κ2) is 5.05. The smallest absolute Gasteiger partial charge is 0.0893 e. The standard InChI is InChI=1S/C16H22Si/c1-12(2)14-8-7-9-15(16(14)13(3)4)17-10-5-6-11-17/h5-13,17H,1-4H3. The third kappa shape index (κ3) is 2.44. The summed E-state index contributed by atoms with van der Waals surface area (Å²) >= 11 is 0. The van der Waals surface area contributed by atoms with Crippen LogP contribution in [0.3, 0.4) is 0 Å². The second-order valence-electron chi connectivity index (χ2n) is 5.46. The van der Waals surface area contributed by atoms with Crippen LogP contribution in [0.25, 0.3) is 0 Å². The van der Waals surface area contributed by atoms with Gasteiger partial charge in [0.1, 0.15) is 8.80 Å². The van der Waals surface area contributed by atoms with Gasteiger partial charge in [0.05, 0.1) is 0 Å². The van der Waals surface area contributed by atoms with Crippen molar-refractivity contribution < 1.29 is 0 Å². The third-order valence-corrected chi connectivity index (χ3v) is 5.98. The van der Waals surface area contributed by atoms with E-state index in [1.54, 1.807) is 16.3 Å².